The average Bonchev–Trinajstić information content (AvgIpc) is 2.31. The quantitative estimate of drug-likeness (QED) is 0.865. The number of halogens is 1. The normalized spacial score (nSPS) is 15.8. The Morgan fingerprint density at radius 3 is 2.88 bits per heavy atom. The summed E-state index contributed by atoms with van der Waals surface area (Å²) in [7, 11) is 1.78. The molecule has 17 heavy (non-hydrogen) atoms. The van der Waals surface area contributed by atoms with Gasteiger partial charge in [0.25, 0.3) is 0 Å². The molecule has 1 atom stereocenters. The molecule has 0 aliphatic carbocycles. The predicted molar refractivity (Wildman–Crippen MR) is 66.1 cm³/mol. The van der Waals surface area contributed by atoms with Crippen LogP contribution >= 0.6 is 11.6 Å². The van der Waals surface area contributed by atoms with Crippen molar-refractivity contribution < 1.29 is 14.6 Å². The molecule has 0 fully saturated rings. The highest BCUT2D eigenvalue weighted by molar-refractivity contribution is 6.31. The molecule has 0 amide bonds. The van der Waals surface area contributed by atoms with Crippen LogP contribution in [0.3, 0.4) is 0 Å². The fourth-order valence-corrected chi connectivity index (χ4v) is 2.17. The summed E-state index contributed by atoms with van der Waals surface area (Å²) >= 11 is 6.13. The van der Waals surface area contributed by atoms with E-state index >= 15 is 0 Å². The summed E-state index contributed by atoms with van der Waals surface area (Å²) in [5, 5.41) is 13.6. The van der Waals surface area contributed by atoms with Crippen molar-refractivity contribution in [2.45, 2.75) is 13.0 Å². The third-order valence-corrected chi connectivity index (χ3v) is 3.20. The number of benzene rings is 1. The van der Waals surface area contributed by atoms with E-state index in [1.54, 1.807) is 13.1 Å². The standard InChI is InChI=1S/C12H16ClNO3/c1-7-8(13)5-10-12(17-4-3-16-10)11(7)9(15)6-14-2/h5,9,14-15H,3-4,6H2,1-2H3. The Labute approximate surface area is 105 Å². The number of aliphatic hydroxyl groups excluding tert-OH is 1. The van der Waals surface area contributed by atoms with E-state index in [1.165, 1.54) is 0 Å². The minimum atomic E-state index is -0.658. The first-order valence-electron chi connectivity index (χ1n) is 5.56. The van der Waals surface area contributed by atoms with Crippen molar-refractivity contribution in [1.29, 1.82) is 0 Å². The smallest absolute Gasteiger partial charge is 0.167 e. The SMILES string of the molecule is CNCC(O)c1c(C)c(Cl)cc2c1OCCO2. The maximum atomic E-state index is 10.1. The molecule has 0 bridgehead atoms. The van der Waals surface area contributed by atoms with Gasteiger partial charge >= 0.3 is 0 Å². The third-order valence-electron chi connectivity index (χ3n) is 2.81. The molecule has 1 aliphatic rings. The van der Waals surface area contributed by atoms with Crippen molar-refractivity contribution in [1.82, 2.24) is 5.32 Å². The Morgan fingerprint density at radius 2 is 2.18 bits per heavy atom. The van der Waals surface area contributed by atoms with Crippen LogP contribution in [0.5, 0.6) is 11.5 Å². The Morgan fingerprint density at radius 1 is 1.47 bits per heavy atom. The van der Waals surface area contributed by atoms with E-state index in [2.05, 4.69) is 5.32 Å². The zero-order chi connectivity index (χ0) is 12.4. The van der Waals surface area contributed by atoms with Crippen molar-refractivity contribution >= 4 is 11.6 Å². The zero-order valence-corrected chi connectivity index (χ0v) is 10.7. The number of hydrogen-bond donors (Lipinski definition) is 2. The van der Waals surface area contributed by atoms with Gasteiger partial charge in [0, 0.05) is 23.2 Å². The van der Waals surface area contributed by atoms with Gasteiger partial charge in [-0.2, -0.15) is 0 Å². The van der Waals surface area contributed by atoms with E-state index in [1.807, 2.05) is 6.92 Å². The largest absolute Gasteiger partial charge is 0.486 e. The molecule has 1 heterocycles. The van der Waals surface area contributed by atoms with Crippen LogP contribution < -0.4 is 14.8 Å². The zero-order valence-electron chi connectivity index (χ0n) is 9.92. The lowest BCUT2D eigenvalue weighted by Crippen LogP contribution is -2.22. The van der Waals surface area contributed by atoms with Gasteiger partial charge in [-0.1, -0.05) is 11.6 Å². The first-order chi connectivity index (χ1) is 8.15. The highest BCUT2D eigenvalue weighted by atomic mass is 35.5. The third kappa shape index (κ3) is 2.34. The van der Waals surface area contributed by atoms with Crippen LogP contribution in [-0.4, -0.2) is 31.9 Å². The van der Waals surface area contributed by atoms with E-state index in [4.69, 9.17) is 21.1 Å². The van der Waals surface area contributed by atoms with E-state index in [-0.39, 0.29) is 0 Å². The molecule has 94 valence electrons. The minimum Gasteiger partial charge on any atom is -0.486 e. The highest BCUT2D eigenvalue weighted by Crippen LogP contribution is 2.42. The number of aliphatic hydroxyl groups is 1. The van der Waals surface area contributed by atoms with Gasteiger partial charge in [-0.05, 0) is 19.5 Å². The molecule has 1 aromatic carbocycles. The summed E-state index contributed by atoms with van der Waals surface area (Å²) in [6.45, 7) is 3.31. The summed E-state index contributed by atoms with van der Waals surface area (Å²) in [6, 6.07) is 1.74. The van der Waals surface area contributed by atoms with E-state index in [0.717, 1.165) is 5.56 Å². The fraction of sp³-hybridized carbons (Fsp3) is 0.500. The topological polar surface area (TPSA) is 50.7 Å². The van der Waals surface area contributed by atoms with Gasteiger partial charge in [0.2, 0.25) is 0 Å². The minimum absolute atomic E-state index is 0.441. The molecule has 1 aliphatic heterocycles. The second kappa shape index (κ2) is 5.12. The molecule has 1 aromatic rings. The number of fused-ring (bicyclic) bond motifs is 1. The Balaban J connectivity index is 2.50. The van der Waals surface area contributed by atoms with Gasteiger partial charge in [0.15, 0.2) is 11.5 Å². The monoisotopic (exact) mass is 257 g/mol. The summed E-state index contributed by atoms with van der Waals surface area (Å²) in [4.78, 5) is 0. The molecule has 0 saturated heterocycles. The second-order valence-corrected chi connectivity index (χ2v) is 4.40. The molecule has 0 radical (unpaired) electrons. The first-order valence-corrected chi connectivity index (χ1v) is 5.94. The van der Waals surface area contributed by atoms with Crippen LogP contribution in [0.15, 0.2) is 6.07 Å². The summed E-state index contributed by atoms with van der Waals surface area (Å²) < 4.78 is 11.1. The van der Waals surface area contributed by atoms with Crippen LogP contribution in [0.25, 0.3) is 0 Å². The van der Waals surface area contributed by atoms with Gasteiger partial charge in [-0.3, -0.25) is 0 Å². The van der Waals surface area contributed by atoms with Gasteiger partial charge in [0.1, 0.15) is 13.2 Å². The molecular formula is C12H16ClNO3. The summed E-state index contributed by atoms with van der Waals surface area (Å²) in [6.07, 6.45) is -0.658. The van der Waals surface area contributed by atoms with Gasteiger partial charge < -0.3 is 19.9 Å². The van der Waals surface area contributed by atoms with Crippen molar-refractivity contribution in [2.75, 3.05) is 26.8 Å². The molecule has 2 rings (SSSR count). The maximum absolute atomic E-state index is 10.1. The number of ether oxygens (including phenoxy) is 2. The van der Waals surface area contributed by atoms with E-state index in [0.29, 0.717) is 41.8 Å². The molecule has 2 N–H and O–H groups in total. The van der Waals surface area contributed by atoms with E-state index in [9.17, 15) is 5.11 Å². The molecule has 0 aromatic heterocycles. The fourth-order valence-electron chi connectivity index (χ4n) is 1.97. The number of nitrogens with one attached hydrogen (secondary N) is 1. The van der Waals surface area contributed by atoms with Crippen molar-refractivity contribution in [3.8, 4) is 11.5 Å². The van der Waals surface area contributed by atoms with E-state index < -0.39 is 6.10 Å². The Kier molecular flexibility index (Phi) is 3.76. The van der Waals surface area contributed by atoms with Crippen molar-refractivity contribution in [3.63, 3.8) is 0 Å². The maximum Gasteiger partial charge on any atom is 0.167 e. The molecule has 0 spiro atoms. The molecule has 1 unspecified atom stereocenters. The molecule has 0 saturated carbocycles. The van der Waals surface area contributed by atoms with Gasteiger partial charge in [-0.15, -0.1) is 0 Å². The summed E-state index contributed by atoms with van der Waals surface area (Å²) in [5.41, 5.74) is 1.54. The van der Waals surface area contributed by atoms with Crippen LogP contribution in [-0.2, 0) is 0 Å². The number of rotatable bonds is 3. The lowest BCUT2D eigenvalue weighted by Gasteiger charge is -2.25. The van der Waals surface area contributed by atoms with Crippen LogP contribution in [0.2, 0.25) is 5.02 Å². The average molecular weight is 258 g/mol. The highest BCUT2D eigenvalue weighted by Gasteiger charge is 2.24. The number of likely N-dealkylation sites (N-methyl/N-ethyl adjacent to an activating group) is 1. The van der Waals surface area contributed by atoms with Crippen LogP contribution in [0.1, 0.15) is 17.2 Å². The molecular weight excluding hydrogens is 242 g/mol. The Bertz CT molecular complexity index is 423. The van der Waals surface area contributed by atoms with Gasteiger partial charge in [0.05, 0.1) is 6.10 Å². The van der Waals surface area contributed by atoms with Crippen molar-refractivity contribution in [3.05, 3.63) is 22.2 Å². The molecule has 5 heteroatoms. The molecule has 4 nitrogen and oxygen atoms in total. The van der Waals surface area contributed by atoms with Crippen LogP contribution in [0.4, 0.5) is 0 Å². The Hall–Kier alpha value is -0.970. The lowest BCUT2D eigenvalue weighted by atomic mass is 10.0. The van der Waals surface area contributed by atoms with Crippen LogP contribution in [0, 0.1) is 6.92 Å². The predicted octanol–water partition coefficient (Wildman–Crippen LogP) is 1.67. The van der Waals surface area contributed by atoms with Crippen molar-refractivity contribution in [2.24, 2.45) is 0 Å². The number of hydrogen-bond acceptors (Lipinski definition) is 4. The summed E-state index contributed by atoms with van der Waals surface area (Å²) in [5.74, 6) is 1.22. The lowest BCUT2D eigenvalue weighted by molar-refractivity contribution is 0.145. The van der Waals surface area contributed by atoms with Gasteiger partial charge in [-0.25, -0.2) is 0 Å². The first kappa shape index (κ1) is 12.5. The second-order valence-electron chi connectivity index (χ2n) is 3.99.